The minimum absolute atomic E-state index is 0.0607. The van der Waals surface area contributed by atoms with Crippen molar-refractivity contribution in [1.82, 2.24) is 21.3 Å². The quantitative estimate of drug-likeness (QED) is 0.209. The molecule has 0 aromatic heterocycles. The van der Waals surface area contributed by atoms with Crippen LogP contribution in [0.1, 0.15) is 30.4 Å². The van der Waals surface area contributed by atoms with Gasteiger partial charge in [-0.25, -0.2) is 0 Å². The molecule has 2 heterocycles. The van der Waals surface area contributed by atoms with E-state index in [-0.39, 0.29) is 42.9 Å². The highest BCUT2D eigenvalue weighted by Gasteiger charge is 2.34. The molecule has 2 aliphatic rings. The third kappa shape index (κ3) is 8.08. The Balaban J connectivity index is 1.33. The van der Waals surface area contributed by atoms with E-state index in [9.17, 15) is 24.0 Å². The van der Waals surface area contributed by atoms with Gasteiger partial charge in [0.2, 0.25) is 23.6 Å². The molecular formula is C34H38N4O6. The van der Waals surface area contributed by atoms with E-state index in [1.807, 2.05) is 72.8 Å². The topological polar surface area (TPSA) is 143 Å². The number of aldehydes is 1. The van der Waals surface area contributed by atoms with Crippen LogP contribution in [-0.2, 0) is 41.6 Å². The van der Waals surface area contributed by atoms with E-state index < -0.39 is 29.9 Å². The summed E-state index contributed by atoms with van der Waals surface area (Å²) >= 11 is 0. The lowest BCUT2D eigenvalue weighted by molar-refractivity contribution is -0.134. The van der Waals surface area contributed by atoms with Crippen LogP contribution in [0, 0.1) is 11.8 Å². The van der Waals surface area contributed by atoms with Gasteiger partial charge >= 0.3 is 0 Å². The fourth-order valence-corrected chi connectivity index (χ4v) is 5.79. The van der Waals surface area contributed by atoms with Gasteiger partial charge in [0.25, 0.3) is 0 Å². The Bertz CT molecular complexity index is 1490. The molecule has 5 rings (SSSR count). The molecule has 0 saturated carbocycles. The molecule has 0 radical (unpaired) electrons. The Morgan fingerprint density at radius 3 is 2.30 bits per heavy atom. The standard InChI is InChI=1S/C34H38N4O6/c39-19-27(17-26-13-14-35-32(26)41)36-33(42)29(15-23-20-44-21-23)38-34(43)30(37-31(40)16-22-7-2-1-3-8-22)18-25-11-6-10-24-9-4-5-12-28(24)25/h1-12,19,23,26-27,29-30H,13-18,20-21H2,(H,35,41)(H,36,42)(H,37,40)(H,38,43)/t26-,27-,29-,30-/m0/s1. The normalized spacial score (nSPS) is 18.4. The summed E-state index contributed by atoms with van der Waals surface area (Å²) in [4.78, 5) is 64.4. The first kappa shape index (κ1) is 30.9. The number of benzene rings is 3. The molecular weight excluding hydrogens is 560 g/mol. The molecule has 44 heavy (non-hydrogen) atoms. The molecule has 0 bridgehead atoms. The highest BCUT2D eigenvalue weighted by Crippen LogP contribution is 2.21. The van der Waals surface area contributed by atoms with E-state index in [0.717, 1.165) is 21.9 Å². The lowest BCUT2D eigenvalue weighted by Crippen LogP contribution is -2.57. The highest BCUT2D eigenvalue weighted by molar-refractivity contribution is 5.94. The molecule has 10 nitrogen and oxygen atoms in total. The first-order chi connectivity index (χ1) is 21.4. The number of fused-ring (bicyclic) bond motifs is 1. The first-order valence-electron chi connectivity index (χ1n) is 15.1. The van der Waals surface area contributed by atoms with Gasteiger partial charge in [-0.1, -0.05) is 72.8 Å². The van der Waals surface area contributed by atoms with Crippen molar-refractivity contribution in [3.8, 4) is 0 Å². The van der Waals surface area contributed by atoms with Crippen LogP contribution in [0.4, 0.5) is 0 Å². The smallest absolute Gasteiger partial charge is 0.243 e. The molecule has 0 aliphatic carbocycles. The number of hydrogen-bond donors (Lipinski definition) is 4. The largest absolute Gasteiger partial charge is 0.381 e. The number of hydrogen-bond acceptors (Lipinski definition) is 6. The molecule has 4 N–H and O–H groups in total. The summed E-state index contributed by atoms with van der Waals surface area (Å²) in [6, 6.07) is 20.1. The highest BCUT2D eigenvalue weighted by atomic mass is 16.5. The predicted molar refractivity (Wildman–Crippen MR) is 164 cm³/mol. The van der Waals surface area contributed by atoms with Crippen molar-refractivity contribution >= 4 is 40.7 Å². The van der Waals surface area contributed by atoms with Gasteiger partial charge in [0, 0.05) is 24.8 Å². The van der Waals surface area contributed by atoms with E-state index in [0.29, 0.717) is 38.9 Å². The number of carbonyl (C=O) groups excluding carboxylic acids is 5. The van der Waals surface area contributed by atoms with Gasteiger partial charge in [0.1, 0.15) is 18.4 Å². The summed E-state index contributed by atoms with van der Waals surface area (Å²) in [5.74, 6) is -1.77. The monoisotopic (exact) mass is 598 g/mol. The minimum atomic E-state index is -0.964. The van der Waals surface area contributed by atoms with E-state index in [1.54, 1.807) is 0 Å². The Labute approximate surface area is 256 Å². The van der Waals surface area contributed by atoms with Crippen molar-refractivity contribution in [2.24, 2.45) is 11.8 Å². The summed E-state index contributed by atoms with van der Waals surface area (Å²) in [6.45, 7) is 1.47. The second kappa shape index (κ2) is 14.7. The second-order valence-corrected chi connectivity index (χ2v) is 11.6. The van der Waals surface area contributed by atoms with Crippen molar-refractivity contribution in [3.05, 3.63) is 83.9 Å². The molecule has 3 aromatic carbocycles. The van der Waals surface area contributed by atoms with Crippen molar-refractivity contribution in [1.29, 1.82) is 0 Å². The zero-order valence-corrected chi connectivity index (χ0v) is 24.5. The second-order valence-electron chi connectivity index (χ2n) is 11.6. The molecule has 3 aromatic rings. The molecule has 2 fully saturated rings. The third-order valence-electron chi connectivity index (χ3n) is 8.27. The van der Waals surface area contributed by atoms with Gasteiger partial charge in [0.15, 0.2) is 0 Å². The summed E-state index contributed by atoms with van der Waals surface area (Å²) in [5, 5.41) is 13.2. The summed E-state index contributed by atoms with van der Waals surface area (Å²) in [5.41, 5.74) is 1.69. The number of carbonyl (C=O) groups is 5. The number of nitrogens with one attached hydrogen (secondary N) is 4. The lowest BCUT2D eigenvalue weighted by atomic mass is 9.95. The van der Waals surface area contributed by atoms with Gasteiger partial charge in [-0.2, -0.15) is 0 Å². The predicted octanol–water partition coefficient (Wildman–Crippen LogP) is 1.84. The van der Waals surface area contributed by atoms with Crippen molar-refractivity contribution < 1.29 is 28.7 Å². The number of rotatable bonds is 14. The molecule has 230 valence electrons. The Kier molecular flexibility index (Phi) is 10.3. The van der Waals surface area contributed by atoms with E-state index in [1.165, 1.54) is 0 Å². The van der Waals surface area contributed by atoms with Crippen LogP contribution in [0.5, 0.6) is 0 Å². The van der Waals surface area contributed by atoms with Gasteiger partial charge in [-0.3, -0.25) is 19.2 Å². The van der Waals surface area contributed by atoms with Crippen LogP contribution in [0.15, 0.2) is 72.8 Å². The van der Waals surface area contributed by atoms with Crippen molar-refractivity contribution in [3.63, 3.8) is 0 Å². The van der Waals surface area contributed by atoms with Crippen LogP contribution < -0.4 is 21.3 Å². The van der Waals surface area contributed by atoms with Crippen molar-refractivity contribution in [2.45, 2.75) is 50.2 Å². The Hall–Kier alpha value is -4.57. The molecule has 4 atom stereocenters. The zero-order valence-electron chi connectivity index (χ0n) is 24.5. The fraction of sp³-hybridized carbons (Fsp3) is 0.382. The van der Waals surface area contributed by atoms with Crippen LogP contribution in [0.25, 0.3) is 10.8 Å². The van der Waals surface area contributed by atoms with E-state index in [4.69, 9.17) is 4.74 Å². The van der Waals surface area contributed by atoms with Gasteiger partial charge in [0.05, 0.1) is 25.7 Å². The van der Waals surface area contributed by atoms with Crippen LogP contribution in [-0.4, -0.2) is 67.8 Å². The molecule has 10 heteroatoms. The third-order valence-corrected chi connectivity index (χ3v) is 8.27. The summed E-state index contributed by atoms with van der Waals surface area (Å²) < 4.78 is 5.30. The zero-order chi connectivity index (χ0) is 30.9. The minimum Gasteiger partial charge on any atom is -0.381 e. The summed E-state index contributed by atoms with van der Waals surface area (Å²) in [6.07, 6.45) is 2.03. The van der Waals surface area contributed by atoms with Gasteiger partial charge < -0.3 is 30.8 Å². The molecule has 4 amide bonds. The number of ether oxygens (including phenoxy) is 1. The van der Waals surface area contributed by atoms with Crippen LogP contribution in [0.3, 0.4) is 0 Å². The average Bonchev–Trinajstić information content (AvgIpc) is 3.41. The Morgan fingerprint density at radius 2 is 1.59 bits per heavy atom. The van der Waals surface area contributed by atoms with Gasteiger partial charge in [-0.05, 0) is 41.2 Å². The van der Waals surface area contributed by atoms with E-state index >= 15 is 0 Å². The van der Waals surface area contributed by atoms with Crippen LogP contribution in [0.2, 0.25) is 0 Å². The average molecular weight is 599 g/mol. The summed E-state index contributed by atoms with van der Waals surface area (Å²) in [7, 11) is 0. The molecule has 2 aliphatic heterocycles. The lowest BCUT2D eigenvalue weighted by Gasteiger charge is -2.31. The maximum atomic E-state index is 13.9. The Morgan fingerprint density at radius 1 is 0.864 bits per heavy atom. The maximum absolute atomic E-state index is 13.9. The molecule has 0 unspecified atom stereocenters. The maximum Gasteiger partial charge on any atom is 0.243 e. The molecule has 2 saturated heterocycles. The van der Waals surface area contributed by atoms with E-state index in [2.05, 4.69) is 21.3 Å². The van der Waals surface area contributed by atoms with Gasteiger partial charge in [-0.15, -0.1) is 0 Å². The number of amides is 4. The van der Waals surface area contributed by atoms with Crippen LogP contribution >= 0.6 is 0 Å². The SMILES string of the molecule is O=C[C@H](C[C@@H]1CCNC1=O)NC(=O)[C@H](CC1COC1)NC(=O)[C@H](Cc1cccc2ccccc12)NC(=O)Cc1ccccc1. The fourth-order valence-electron chi connectivity index (χ4n) is 5.79. The van der Waals surface area contributed by atoms with Crippen molar-refractivity contribution in [2.75, 3.05) is 19.8 Å². The molecule has 0 spiro atoms. The first-order valence-corrected chi connectivity index (χ1v) is 15.1.